The lowest BCUT2D eigenvalue weighted by Gasteiger charge is -2.08. The highest BCUT2D eigenvalue weighted by molar-refractivity contribution is 5.72. The van der Waals surface area contributed by atoms with E-state index < -0.39 is 0 Å². The maximum atomic E-state index is 10.7. The Labute approximate surface area is 111 Å². The van der Waals surface area contributed by atoms with E-state index in [4.69, 9.17) is 0 Å². The number of hydrogen-bond donors (Lipinski definition) is 2. The summed E-state index contributed by atoms with van der Waals surface area (Å²) < 4.78 is 1.67. The van der Waals surface area contributed by atoms with Crippen molar-refractivity contribution in [3.05, 3.63) is 30.4 Å². The summed E-state index contributed by atoms with van der Waals surface area (Å²) in [5.41, 5.74) is 0. The largest absolute Gasteiger partial charge is 0.368 e. The second-order valence-corrected chi connectivity index (χ2v) is 4.02. The lowest BCUT2D eigenvalue weighted by atomic mass is 10.4. The molecule has 2 N–H and O–H groups in total. The van der Waals surface area contributed by atoms with Gasteiger partial charge in [0.2, 0.25) is 5.91 Å². The maximum Gasteiger partial charge on any atom is 0.216 e. The maximum absolute atomic E-state index is 10.7. The van der Waals surface area contributed by atoms with Crippen LogP contribution in [0.3, 0.4) is 0 Å². The number of carbonyl (C=O) groups excluding carboxylic acids is 1. The monoisotopic (exact) mass is 260 g/mol. The molecule has 1 amide bonds. The van der Waals surface area contributed by atoms with Gasteiger partial charge in [-0.2, -0.15) is 5.10 Å². The van der Waals surface area contributed by atoms with Crippen LogP contribution < -0.4 is 10.6 Å². The molecular formula is C12H16N6O. The number of aromatic nitrogens is 4. The molecule has 0 radical (unpaired) electrons. The summed E-state index contributed by atoms with van der Waals surface area (Å²) in [6.45, 7) is 4.47. The second kappa shape index (κ2) is 5.94. The van der Waals surface area contributed by atoms with Gasteiger partial charge < -0.3 is 10.6 Å². The van der Waals surface area contributed by atoms with Crippen molar-refractivity contribution in [1.82, 2.24) is 25.1 Å². The van der Waals surface area contributed by atoms with Crippen molar-refractivity contribution >= 4 is 11.7 Å². The summed E-state index contributed by atoms with van der Waals surface area (Å²) in [5, 5.41) is 9.98. The molecule has 0 bridgehead atoms. The molecule has 100 valence electrons. The zero-order valence-electron chi connectivity index (χ0n) is 10.9. The van der Waals surface area contributed by atoms with E-state index >= 15 is 0 Å². The molecule has 19 heavy (non-hydrogen) atoms. The Morgan fingerprint density at radius 2 is 2.21 bits per heavy atom. The fourth-order valence-electron chi connectivity index (χ4n) is 1.59. The van der Waals surface area contributed by atoms with Crippen molar-refractivity contribution in [2.75, 3.05) is 18.4 Å². The highest BCUT2D eigenvalue weighted by Crippen LogP contribution is 2.09. The first-order chi connectivity index (χ1) is 9.15. The molecule has 0 aromatic carbocycles. The van der Waals surface area contributed by atoms with Gasteiger partial charge in [0.25, 0.3) is 0 Å². The molecule has 7 heteroatoms. The Morgan fingerprint density at radius 1 is 1.37 bits per heavy atom. The third-order valence-corrected chi connectivity index (χ3v) is 2.37. The van der Waals surface area contributed by atoms with Crippen molar-refractivity contribution in [2.24, 2.45) is 0 Å². The van der Waals surface area contributed by atoms with E-state index in [1.807, 2.05) is 25.3 Å². The molecular weight excluding hydrogens is 244 g/mol. The van der Waals surface area contributed by atoms with E-state index in [2.05, 4.69) is 25.7 Å². The zero-order chi connectivity index (χ0) is 13.7. The molecule has 0 unspecified atom stereocenters. The minimum atomic E-state index is -0.0436. The van der Waals surface area contributed by atoms with E-state index in [-0.39, 0.29) is 5.91 Å². The van der Waals surface area contributed by atoms with Crippen molar-refractivity contribution in [2.45, 2.75) is 13.8 Å². The van der Waals surface area contributed by atoms with Crippen LogP contribution in [0.2, 0.25) is 0 Å². The standard InChI is InChI=1S/C12H16N6O/c1-9-16-11(14-6-5-13-10(2)19)8-12(17-9)18-7-3-4-15-18/h3-4,7-8H,5-6H2,1-2H3,(H,13,19)(H,14,16,17). The van der Waals surface area contributed by atoms with E-state index in [0.717, 1.165) is 0 Å². The fourth-order valence-corrected chi connectivity index (χ4v) is 1.59. The number of carbonyl (C=O) groups is 1. The summed E-state index contributed by atoms with van der Waals surface area (Å²) >= 11 is 0. The molecule has 2 aromatic heterocycles. The molecule has 2 aromatic rings. The third-order valence-electron chi connectivity index (χ3n) is 2.37. The van der Waals surface area contributed by atoms with E-state index in [1.165, 1.54) is 6.92 Å². The van der Waals surface area contributed by atoms with E-state index in [9.17, 15) is 4.79 Å². The fraction of sp³-hybridized carbons (Fsp3) is 0.333. The number of nitrogens with one attached hydrogen (secondary N) is 2. The Balaban J connectivity index is 2.03. The SMILES string of the molecule is CC(=O)NCCNc1cc(-n2cccn2)nc(C)n1. The van der Waals surface area contributed by atoms with Crippen LogP contribution in [0.5, 0.6) is 0 Å². The van der Waals surface area contributed by atoms with Crippen LogP contribution in [0.4, 0.5) is 5.82 Å². The van der Waals surface area contributed by atoms with Crippen LogP contribution >= 0.6 is 0 Å². The summed E-state index contributed by atoms with van der Waals surface area (Å²) in [6.07, 6.45) is 3.52. The van der Waals surface area contributed by atoms with Gasteiger partial charge in [0, 0.05) is 38.5 Å². The Morgan fingerprint density at radius 3 is 2.89 bits per heavy atom. The third kappa shape index (κ3) is 3.77. The van der Waals surface area contributed by atoms with Crippen LogP contribution in [-0.4, -0.2) is 38.7 Å². The minimum absolute atomic E-state index is 0.0436. The van der Waals surface area contributed by atoms with Crippen LogP contribution in [-0.2, 0) is 4.79 Å². The Bertz CT molecular complexity index is 551. The lowest BCUT2D eigenvalue weighted by molar-refractivity contribution is -0.118. The molecule has 0 saturated carbocycles. The van der Waals surface area contributed by atoms with E-state index in [0.29, 0.717) is 30.5 Å². The van der Waals surface area contributed by atoms with Crippen LogP contribution in [0.15, 0.2) is 24.5 Å². The second-order valence-electron chi connectivity index (χ2n) is 4.02. The molecule has 0 aliphatic carbocycles. The van der Waals surface area contributed by atoms with Crippen molar-refractivity contribution in [3.8, 4) is 5.82 Å². The average Bonchev–Trinajstić information content (AvgIpc) is 2.87. The van der Waals surface area contributed by atoms with Gasteiger partial charge >= 0.3 is 0 Å². The lowest BCUT2D eigenvalue weighted by Crippen LogP contribution is -2.26. The average molecular weight is 260 g/mol. The van der Waals surface area contributed by atoms with Crippen LogP contribution in [0.25, 0.3) is 5.82 Å². The first-order valence-electron chi connectivity index (χ1n) is 5.99. The summed E-state index contributed by atoms with van der Waals surface area (Å²) in [5.74, 6) is 2.04. The number of amides is 1. The molecule has 0 saturated heterocycles. The Hall–Kier alpha value is -2.44. The number of nitrogens with zero attached hydrogens (tertiary/aromatic N) is 4. The summed E-state index contributed by atoms with van der Waals surface area (Å²) in [6, 6.07) is 3.65. The number of hydrogen-bond acceptors (Lipinski definition) is 5. The minimum Gasteiger partial charge on any atom is -0.368 e. The Kier molecular flexibility index (Phi) is 4.07. The number of aryl methyl sites for hydroxylation is 1. The number of rotatable bonds is 5. The first kappa shape index (κ1) is 13.0. The van der Waals surface area contributed by atoms with Gasteiger partial charge in [-0.25, -0.2) is 14.6 Å². The van der Waals surface area contributed by atoms with Gasteiger partial charge in [-0.1, -0.05) is 0 Å². The first-order valence-corrected chi connectivity index (χ1v) is 5.99. The molecule has 0 aliphatic rings. The molecule has 0 fully saturated rings. The van der Waals surface area contributed by atoms with Crippen molar-refractivity contribution < 1.29 is 4.79 Å². The quantitative estimate of drug-likeness (QED) is 0.765. The van der Waals surface area contributed by atoms with Crippen molar-refractivity contribution in [1.29, 1.82) is 0 Å². The zero-order valence-corrected chi connectivity index (χ0v) is 10.9. The van der Waals surface area contributed by atoms with Crippen LogP contribution in [0.1, 0.15) is 12.7 Å². The van der Waals surface area contributed by atoms with Crippen LogP contribution in [0, 0.1) is 6.92 Å². The van der Waals surface area contributed by atoms with Gasteiger partial charge in [0.15, 0.2) is 5.82 Å². The van der Waals surface area contributed by atoms with Gasteiger partial charge in [0.05, 0.1) is 0 Å². The topological polar surface area (TPSA) is 84.7 Å². The molecule has 7 nitrogen and oxygen atoms in total. The van der Waals surface area contributed by atoms with Crippen molar-refractivity contribution in [3.63, 3.8) is 0 Å². The highest BCUT2D eigenvalue weighted by atomic mass is 16.1. The smallest absolute Gasteiger partial charge is 0.216 e. The van der Waals surface area contributed by atoms with Gasteiger partial charge in [0.1, 0.15) is 11.6 Å². The molecule has 2 rings (SSSR count). The molecule has 2 heterocycles. The van der Waals surface area contributed by atoms with Gasteiger partial charge in [-0.3, -0.25) is 4.79 Å². The predicted octanol–water partition coefficient (Wildman–Crippen LogP) is 0.519. The summed E-state index contributed by atoms with van der Waals surface area (Å²) in [4.78, 5) is 19.3. The van der Waals surface area contributed by atoms with Gasteiger partial charge in [-0.15, -0.1) is 0 Å². The summed E-state index contributed by atoms with van der Waals surface area (Å²) in [7, 11) is 0. The normalized spacial score (nSPS) is 10.2. The molecule has 0 atom stereocenters. The van der Waals surface area contributed by atoms with E-state index in [1.54, 1.807) is 10.9 Å². The molecule has 0 aliphatic heterocycles. The van der Waals surface area contributed by atoms with Gasteiger partial charge in [-0.05, 0) is 13.0 Å². The predicted molar refractivity (Wildman–Crippen MR) is 71.1 cm³/mol. The number of anilines is 1. The highest BCUT2D eigenvalue weighted by Gasteiger charge is 2.03. The molecule has 0 spiro atoms.